The first-order chi connectivity index (χ1) is 7.25. The number of anilines is 1. The molecule has 0 amide bonds. The molecule has 0 saturated heterocycles. The zero-order chi connectivity index (χ0) is 10.7. The molecule has 5 heteroatoms. The Morgan fingerprint density at radius 2 is 2.27 bits per heavy atom. The molecule has 2 nitrogen and oxygen atoms in total. The Morgan fingerprint density at radius 3 is 2.93 bits per heavy atom. The number of pyridine rings is 1. The lowest BCUT2D eigenvalue weighted by molar-refractivity contribution is 1.11. The molecule has 0 aliphatic heterocycles. The molecule has 2 aromatic rings. The summed E-state index contributed by atoms with van der Waals surface area (Å²) in [7, 11) is 0. The summed E-state index contributed by atoms with van der Waals surface area (Å²) in [5, 5.41) is 5.39. The predicted molar refractivity (Wildman–Crippen MR) is 71.3 cm³/mol. The molecule has 0 atom stereocenters. The van der Waals surface area contributed by atoms with Gasteiger partial charge in [-0.1, -0.05) is 0 Å². The third-order valence-corrected chi connectivity index (χ3v) is 4.03. The minimum absolute atomic E-state index is 0.789. The van der Waals surface area contributed by atoms with Gasteiger partial charge in [-0.2, -0.15) is 0 Å². The third-order valence-electron chi connectivity index (χ3n) is 1.84. The first-order valence-corrected chi connectivity index (χ1v) is 6.79. The van der Waals surface area contributed by atoms with Crippen LogP contribution in [-0.2, 0) is 6.54 Å². The van der Waals surface area contributed by atoms with Gasteiger partial charge in [0.2, 0.25) is 0 Å². The maximum absolute atomic E-state index is 4.23. The largest absolute Gasteiger partial charge is 0.365 e. The highest BCUT2D eigenvalue weighted by Gasteiger charge is 2.00. The molecule has 0 aliphatic carbocycles. The second-order valence-corrected chi connectivity index (χ2v) is 6.09. The number of halogens is 2. The van der Waals surface area contributed by atoms with E-state index in [9.17, 15) is 0 Å². The van der Waals surface area contributed by atoms with Crippen LogP contribution < -0.4 is 5.32 Å². The Balaban J connectivity index is 2.02. The Kier molecular flexibility index (Phi) is 3.77. The van der Waals surface area contributed by atoms with Gasteiger partial charge in [-0.05, 0) is 61.0 Å². The van der Waals surface area contributed by atoms with Crippen molar-refractivity contribution in [2.45, 2.75) is 6.54 Å². The topological polar surface area (TPSA) is 24.9 Å². The minimum Gasteiger partial charge on any atom is -0.365 e. The Hall–Kier alpha value is -0.390. The molecular weight excluding hydrogens is 340 g/mol. The molecule has 0 aromatic carbocycles. The number of nitrogens with zero attached hydrogens (tertiary/aromatic N) is 1. The summed E-state index contributed by atoms with van der Waals surface area (Å²) < 4.78 is 2.14. The van der Waals surface area contributed by atoms with E-state index in [0.29, 0.717) is 0 Å². The first kappa shape index (κ1) is 11.1. The Morgan fingerprint density at radius 1 is 1.40 bits per heavy atom. The van der Waals surface area contributed by atoms with Gasteiger partial charge in [0.1, 0.15) is 5.82 Å². The fraction of sp³-hybridized carbons (Fsp3) is 0.100. The maximum atomic E-state index is 4.23. The number of nitrogens with one attached hydrogen (secondary N) is 1. The second kappa shape index (κ2) is 5.09. The number of thiophene rings is 1. The van der Waals surface area contributed by atoms with Crippen LogP contribution in [0.5, 0.6) is 0 Å². The van der Waals surface area contributed by atoms with Gasteiger partial charge >= 0.3 is 0 Å². The summed E-state index contributed by atoms with van der Waals surface area (Å²) >= 11 is 8.57. The number of rotatable bonds is 3. The van der Waals surface area contributed by atoms with Crippen molar-refractivity contribution in [3.8, 4) is 0 Å². The van der Waals surface area contributed by atoms with Crippen LogP contribution >= 0.6 is 43.2 Å². The van der Waals surface area contributed by atoms with Gasteiger partial charge in [0, 0.05) is 12.7 Å². The van der Waals surface area contributed by atoms with E-state index in [1.165, 1.54) is 5.56 Å². The van der Waals surface area contributed by atoms with Gasteiger partial charge in [-0.15, -0.1) is 11.3 Å². The van der Waals surface area contributed by atoms with Crippen LogP contribution in [-0.4, -0.2) is 4.98 Å². The SMILES string of the molecule is Brc1cc(CNc2ncccc2Br)cs1. The van der Waals surface area contributed by atoms with Crippen molar-refractivity contribution >= 4 is 49.0 Å². The molecule has 0 spiro atoms. The van der Waals surface area contributed by atoms with E-state index >= 15 is 0 Å². The predicted octanol–water partition coefficient (Wildman–Crippen LogP) is 4.28. The van der Waals surface area contributed by atoms with Gasteiger partial charge in [-0.25, -0.2) is 4.98 Å². The van der Waals surface area contributed by atoms with Gasteiger partial charge in [-0.3, -0.25) is 0 Å². The van der Waals surface area contributed by atoms with Crippen molar-refractivity contribution in [2.75, 3.05) is 5.32 Å². The standard InChI is InChI=1S/C10H8Br2N2S/c11-8-2-1-3-13-10(8)14-5-7-4-9(12)15-6-7/h1-4,6H,5H2,(H,13,14). The molecular formula is C10H8Br2N2S. The highest BCUT2D eigenvalue weighted by Crippen LogP contribution is 2.23. The highest BCUT2D eigenvalue weighted by molar-refractivity contribution is 9.11. The van der Waals surface area contributed by atoms with E-state index in [1.54, 1.807) is 17.5 Å². The smallest absolute Gasteiger partial charge is 0.140 e. The van der Waals surface area contributed by atoms with E-state index in [-0.39, 0.29) is 0 Å². The normalized spacial score (nSPS) is 10.3. The molecule has 15 heavy (non-hydrogen) atoms. The molecule has 2 aromatic heterocycles. The lowest BCUT2D eigenvalue weighted by Gasteiger charge is -2.05. The van der Waals surface area contributed by atoms with E-state index in [4.69, 9.17) is 0 Å². The molecule has 1 N–H and O–H groups in total. The maximum Gasteiger partial charge on any atom is 0.140 e. The molecule has 0 saturated carbocycles. The number of hydrogen-bond acceptors (Lipinski definition) is 3. The van der Waals surface area contributed by atoms with E-state index < -0.39 is 0 Å². The Labute approximate surface area is 109 Å². The van der Waals surface area contributed by atoms with Gasteiger partial charge in [0.05, 0.1) is 8.26 Å². The van der Waals surface area contributed by atoms with Crippen molar-refractivity contribution in [2.24, 2.45) is 0 Å². The summed E-state index contributed by atoms with van der Waals surface area (Å²) in [5.41, 5.74) is 1.25. The van der Waals surface area contributed by atoms with E-state index in [2.05, 4.69) is 53.6 Å². The van der Waals surface area contributed by atoms with Crippen molar-refractivity contribution < 1.29 is 0 Å². The quantitative estimate of drug-likeness (QED) is 0.896. The molecule has 78 valence electrons. The van der Waals surface area contributed by atoms with Crippen LogP contribution in [0.4, 0.5) is 5.82 Å². The summed E-state index contributed by atoms with van der Waals surface area (Å²) in [5.74, 6) is 0.875. The first-order valence-electron chi connectivity index (χ1n) is 4.33. The number of hydrogen-bond donors (Lipinski definition) is 1. The minimum atomic E-state index is 0.789. The molecule has 2 heterocycles. The van der Waals surface area contributed by atoms with E-state index in [1.807, 2.05) is 12.1 Å². The van der Waals surface area contributed by atoms with E-state index in [0.717, 1.165) is 20.6 Å². The van der Waals surface area contributed by atoms with Gasteiger partial charge in [0.25, 0.3) is 0 Å². The van der Waals surface area contributed by atoms with Crippen LogP contribution in [0, 0.1) is 0 Å². The van der Waals surface area contributed by atoms with Crippen LogP contribution in [0.1, 0.15) is 5.56 Å². The monoisotopic (exact) mass is 346 g/mol. The van der Waals surface area contributed by atoms with Crippen LogP contribution in [0.2, 0.25) is 0 Å². The van der Waals surface area contributed by atoms with Crippen LogP contribution in [0.15, 0.2) is 38.0 Å². The second-order valence-electron chi connectivity index (χ2n) is 2.95. The van der Waals surface area contributed by atoms with Crippen molar-refractivity contribution in [1.82, 2.24) is 4.98 Å². The fourth-order valence-corrected chi connectivity index (χ4v) is 2.74. The Bertz CT molecular complexity index is 456. The molecule has 2 rings (SSSR count). The zero-order valence-corrected chi connectivity index (χ0v) is 11.7. The average molecular weight is 348 g/mol. The third kappa shape index (κ3) is 3.03. The van der Waals surface area contributed by atoms with Crippen molar-refractivity contribution in [3.05, 3.63) is 43.6 Å². The van der Waals surface area contributed by atoms with Crippen LogP contribution in [0.25, 0.3) is 0 Å². The van der Waals surface area contributed by atoms with Crippen molar-refractivity contribution in [1.29, 1.82) is 0 Å². The lowest BCUT2D eigenvalue weighted by atomic mass is 10.3. The zero-order valence-electron chi connectivity index (χ0n) is 7.71. The summed E-state index contributed by atoms with van der Waals surface area (Å²) in [6.45, 7) is 0.789. The van der Waals surface area contributed by atoms with Crippen molar-refractivity contribution in [3.63, 3.8) is 0 Å². The van der Waals surface area contributed by atoms with Gasteiger partial charge < -0.3 is 5.32 Å². The van der Waals surface area contributed by atoms with Gasteiger partial charge in [0.15, 0.2) is 0 Å². The molecule has 0 aliphatic rings. The molecule has 0 radical (unpaired) electrons. The molecule has 0 unspecified atom stereocenters. The molecule has 0 bridgehead atoms. The molecule has 0 fully saturated rings. The fourth-order valence-electron chi connectivity index (χ4n) is 1.14. The average Bonchev–Trinajstić information content (AvgIpc) is 2.63. The summed E-state index contributed by atoms with van der Waals surface area (Å²) in [6, 6.07) is 5.98. The highest BCUT2D eigenvalue weighted by atomic mass is 79.9. The summed E-state index contributed by atoms with van der Waals surface area (Å²) in [6.07, 6.45) is 1.77. The lowest BCUT2D eigenvalue weighted by Crippen LogP contribution is -2.00. The summed E-state index contributed by atoms with van der Waals surface area (Å²) in [4.78, 5) is 4.23. The van der Waals surface area contributed by atoms with Crippen LogP contribution in [0.3, 0.4) is 0 Å². The number of aromatic nitrogens is 1.